The molecule has 0 radical (unpaired) electrons. The molecule has 5 heteroatoms. The molecular weight excluding hydrogens is 252 g/mol. The molecule has 1 atom stereocenters. The van der Waals surface area contributed by atoms with Crippen LogP contribution in [0.4, 0.5) is 0 Å². The minimum atomic E-state index is -0.0705. The largest absolute Gasteiger partial charge is 0.492 e. The molecule has 0 saturated heterocycles. The molecule has 0 fully saturated rings. The van der Waals surface area contributed by atoms with Crippen molar-refractivity contribution < 1.29 is 4.74 Å². The summed E-state index contributed by atoms with van der Waals surface area (Å²) in [6, 6.07) is 3.73. The highest BCUT2D eigenvalue weighted by atomic mass is 16.5. The highest BCUT2D eigenvalue weighted by Crippen LogP contribution is 2.21. The predicted molar refractivity (Wildman–Crippen MR) is 77.6 cm³/mol. The van der Waals surface area contributed by atoms with Gasteiger partial charge >= 0.3 is 0 Å². The van der Waals surface area contributed by atoms with E-state index < -0.39 is 0 Å². The van der Waals surface area contributed by atoms with Crippen molar-refractivity contribution in [3.8, 4) is 5.75 Å². The lowest BCUT2D eigenvalue weighted by molar-refractivity contribution is 0.315. The minimum Gasteiger partial charge on any atom is -0.492 e. The van der Waals surface area contributed by atoms with Crippen molar-refractivity contribution in [3.63, 3.8) is 0 Å². The van der Waals surface area contributed by atoms with E-state index in [1.54, 1.807) is 18.6 Å². The lowest BCUT2D eigenvalue weighted by Crippen LogP contribution is -2.24. The van der Waals surface area contributed by atoms with Gasteiger partial charge in [0.1, 0.15) is 11.6 Å². The maximum atomic E-state index is 5.63. The van der Waals surface area contributed by atoms with Gasteiger partial charge in [0, 0.05) is 18.6 Å². The molecule has 0 aliphatic rings. The zero-order valence-corrected chi connectivity index (χ0v) is 11.9. The van der Waals surface area contributed by atoms with Crippen LogP contribution in [0.5, 0.6) is 5.75 Å². The first-order chi connectivity index (χ1) is 9.85. The van der Waals surface area contributed by atoms with Crippen molar-refractivity contribution in [2.24, 2.45) is 0 Å². The van der Waals surface area contributed by atoms with E-state index in [4.69, 9.17) is 4.74 Å². The van der Waals surface area contributed by atoms with Crippen LogP contribution < -0.4 is 10.1 Å². The number of hydrogen-bond acceptors (Lipinski definition) is 5. The van der Waals surface area contributed by atoms with Gasteiger partial charge in [-0.1, -0.05) is 13.8 Å². The van der Waals surface area contributed by atoms with E-state index in [0.29, 0.717) is 6.61 Å². The van der Waals surface area contributed by atoms with Crippen LogP contribution in [0.2, 0.25) is 0 Å². The van der Waals surface area contributed by atoms with Gasteiger partial charge in [0.25, 0.3) is 0 Å². The molecule has 5 nitrogen and oxygen atoms in total. The van der Waals surface area contributed by atoms with E-state index >= 15 is 0 Å². The topological polar surface area (TPSA) is 59.9 Å². The van der Waals surface area contributed by atoms with Gasteiger partial charge in [-0.2, -0.15) is 0 Å². The Hall–Kier alpha value is -2.01. The van der Waals surface area contributed by atoms with Crippen molar-refractivity contribution in [3.05, 3.63) is 48.3 Å². The molecule has 20 heavy (non-hydrogen) atoms. The standard InChI is InChI=1S/C15H20N4O/c1-3-8-20-13-9-12(10-16-11-13)14(17-4-2)15-18-6-5-7-19-15/h5-7,9-11,14,17H,3-4,8H2,1-2H3. The molecule has 0 amide bonds. The Kier molecular flexibility index (Phi) is 5.43. The molecule has 1 N–H and O–H groups in total. The Morgan fingerprint density at radius 2 is 2.00 bits per heavy atom. The van der Waals surface area contributed by atoms with E-state index in [1.165, 1.54) is 0 Å². The Bertz CT molecular complexity index is 518. The van der Waals surface area contributed by atoms with Gasteiger partial charge < -0.3 is 10.1 Å². The summed E-state index contributed by atoms with van der Waals surface area (Å²) in [6.45, 7) is 5.65. The summed E-state index contributed by atoms with van der Waals surface area (Å²) in [5.41, 5.74) is 1.01. The predicted octanol–water partition coefficient (Wildman–Crippen LogP) is 2.36. The monoisotopic (exact) mass is 272 g/mol. The maximum Gasteiger partial charge on any atom is 0.149 e. The van der Waals surface area contributed by atoms with Crippen LogP contribution in [-0.4, -0.2) is 28.1 Å². The smallest absolute Gasteiger partial charge is 0.149 e. The molecule has 0 aliphatic heterocycles. The summed E-state index contributed by atoms with van der Waals surface area (Å²) in [5.74, 6) is 1.52. The molecule has 2 aromatic rings. The average molecular weight is 272 g/mol. The van der Waals surface area contributed by atoms with Gasteiger partial charge in [-0.15, -0.1) is 0 Å². The number of pyridine rings is 1. The third-order valence-electron chi connectivity index (χ3n) is 2.79. The molecule has 106 valence electrons. The Labute approximate surface area is 119 Å². The summed E-state index contributed by atoms with van der Waals surface area (Å²) >= 11 is 0. The van der Waals surface area contributed by atoms with Crippen LogP contribution >= 0.6 is 0 Å². The molecule has 0 saturated carbocycles. The third kappa shape index (κ3) is 3.74. The van der Waals surface area contributed by atoms with Gasteiger partial charge in [0.15, 0.2) is 0 Å². The normalized spacial score (nSPS) is 12.1. The number of nitrogens with one attached hydrogen (secondary N) is 1. The van der Waals surface area contributed by atoms with Crippen LogP contribution in [-0.2, 0) is 0 Å². The molecule has 1 unspecified atom stereocenters. The first-order valence-corrected chi connectivity index (χ1v) is 6.93. The number of ether oxygens (including phenoxy) is 1. The van der Waals surface area contributed by atoms with Crippen LogP contribution in [0.1, 0.15) is 37.7 Å². The highest BCUT2D eigenvalue weighted by molar-refractivity contribution is 5.29. The molecule has 0 spiro atoms. The van der Waals surface area contributed by atoms with E-state index in [-0.39, 0.29) is 6.04 Å². The maximum absolute atomic E-state index is 5.63. The summed E-state index contributed by atoms with van der Waals surface area (Å²) < 4.78 is 5.63. The molecule has 2 aromatic heterocycles. The van der Waals surface area contributed by atoms with Crippen molar-refractivity contribution >= 4 is 0 Å². The molecule has 0 aliphatic carbocycles. The summed E-state index contributed by atoms with van der Waals surface area (Å²) in [6.07, 6.45) is 8.02. The molecule has 0 aromatic carbocycles. The van der Waals surface area contributed by atoms with Crippen molar-refractivity contribution in [1.29, 1.82) is 0 Å². The van der Waals surface area contributed by atoms with E-state index in [9.17, 15) is 0 Å². The first kappa shape index (κ1) is 14.4. The number of rotatable bonds is 7. The fourth-order valence-corrected chi connectivity index (χ4v) is 1.91. The van der Waals surface area contributed by atoms with Gasteiger partial charge in [-0.25, -0.2) is 9.97 Å². The molecule has 2 rings (SSSR count). The second-order valence-electron chi connectivity index (χ2n) is 4.40. The van der Waals surface area contributed by atoms with Crippen molar-refractivity contribution in [2.45, 2.75) is 26.3 Å². The SMILES string of the molecule is CCCOc1cncc(C(NCC)c2ncccn2)c1. The van der Waals surface area contributed by atoms with Gasteiger partial charge in [-0.05, 0) is 30.7 Å². The van der Waals surface area contributed by atoms with Crippen LogP contribution in [0.15, 0.2) is 36.9 Å². The lowest BCUT2D eigenvalue weighted by atomic mass is 10.1. The molecular formula is C15H20N4O. The van der Waals surface area contributed by atoms with E-state index in [1.807, 2.05) is 18.3 Å². The quantitative estimate of drug-likeness (QED) is 0.838. The first-order valence-electron chi connectivity index (χ1n) is 6.93. The van der Waals surface area contributed by atoms with Crippen molar-refractivity contribution in [2.75, 3.05) is 13.2 Å². The number of aromatic nitrogens is 3. The lowest BCUT2D eigenvalue weighted by Gasteiger charge is -2.17. The highest BCUT2D eigenvalue weighted by Gasteiger charge is 2.16. The number of nitrogens with zero attached hydrogens (tertiary/aromatic N) is 3. The van der Waals surface area contributed by atoms with E-state index in [0.717, 1.165) is 30.1 Å². The minimum absolute atomic E-state index is 0.0705. The van der Waals surface area contributed by atoms with Gasteiger partial charge in [0.2, 0.25) is 0 Å². The van der Waals surface area contributed by atoms with Crippen molar-refractivity contribution in [1.82, 2.24) is 20.3 Å². The Morgan fingerprint density at radius 1 is 1.20 bits per heavy atom. The fraction of sp³-hybridized carbons (Fsp3) is 0.400. The number of hydrogen-bond donors (Lipinski definition) is 1. The van der Waals surface area contributed by atoms with Gasteiger partial charge in [0.05, 0.1) is 18.8 Å². The summed E-state index contributed by atoms with van der Waals surface area (Å²) in [7, 11) is 0. The van der Waals surface area contributed by atoms with Crippen LogP contribution in [0.25, 0.3) is 0 Å². The summed E-state index contributed by atoms with van der Waals surface area (Å²) in [5, 5.41) is 3.38. The average Bonchev–Trinajstić information content (AvgIpc) is 2.52. The second kappa shape index (κ2) is 7.55. The fourth-order valence-electron chi connectivity index (χ4n) is 1.91. The van der Waals surface area contributed by atoms with Crippen LogP contribution in [0.3, 0.4) is 0 Å². The van der Waals surface area contributed by atoms with E-state index in [2.05, 4.69) is 34.1 Å². The van der Waals surface area contributed by atoms with Crippen LogP contribution in [0, 0.1) is 0 Å². The zero-order chi connectivity index (χ0) is 14.2. The zero-order valence-electron chi connectivity index (χ0n) is 11.9. The molecule has 0 bridgehead atoms. The molecule has 2 heterocycles. The Balaban J connectivity index is 2.25. The second-order valence-corrected chi connectivity index (χ2v) is 4.40. The van der Waals surface area contributed by atoms with Gasteiger partial charge in [-0.3, -0.25) is 4.98 Å². The summed E-state index contributed by atoms with van der Waals surface area (Å²) in [4.78, 5) is 12.9. The Morgan fingerprint density at radius 3 is 2.70 bits per heavy atom. The third-order valence-corrected chi connectivity index (χ3v) is 2.79.